The summed E-state index contributed by atoms with van der Waals surface area (Å²) in [6, 6.07) is 0.0872. The number of amidine groups is 1. The molecule has 1 aliphatic carbocycles. The zero-order chi connectivity index (χ0) is 12.9. The molecule has 0 unspecified atom stereocenters. The van der Waals surface area contributed by atoms with Gasteiger partial charge in [-0.3, -0.25) is 5.41 Å². The molecule has 5 N–H and O–H groups in total. The van der Waals surface area contributed by atoms with E-state index in [1.807, 2.05) is 13.8 Å². The van der Waals surface area contributed by atoms with Crippen LogP contribution in [-0.2, 0) is 0 Å². The van der Waals surface area contributed by atoms with Gasteiger partial charge in [0.1, 0.15) is 5.84 Å². The molecule has 1 saturated carbocycles. The molecule has 0 spiro atoms. The second-order valence-electron chi connectivity index (χ2n) is 4.78. The lowest BCUT2D eigenvalue weighted by Gasteiger charge is -2.32. The quantitative estimate of drug-likeness (QED) is 0.435. The Morgan fingerprint density at radius 2 is 1.88 bits per heavy atom. The van der Waals surface area contributed by atoms with E-state index in [0.29, 0.717) is 12.8 Å². The van der Waals surface area contributed by atoms with E-state index >= 15 is 0 Å². The van der Waals surface area contributed by atoms with Crippen molar-refractivity contribution in [1.29, 1.82) is 5.41 Å². The second-order valence-corrected chi connectivity index (χ2v) is 4.78. The Labute approximate surface area is 103 Å². The smallest absolute Gasteiger partial charge is 0.315 e. The Hall–Kier alpha value is -1.26. The van der Waals surface area contributed by atoms with E-state index < -0.39 is 5.54 Å². The van der Waals surface area contributed by atoms with E-state index in [4.69, 9.17) is 11.1 Å². The van der Waals surface area contributed by atoms with Gasteiger partial charge in [0.15, 0.2) is 0 Å². The van der Waals surface area contributed by atoms with E-state index in [2.05, 4.69) is 10.6 Å². The van der Waals surface area contributed by atoms with Gasteiger partial charge >= 0.3 is 6.03 Å². The number of amides is 2. The van der Waals surface area contributed by atoms with Crippen molar-refractivity contribution in [2.75, 3.05) is 0 Å². The third kappa shape index (κ3) is 3.35. The molecule has 0 radical (unpaired) electrons. The first-order valence-electron chi connectivity index (χ1n) is 6.47. The van der Waals surface area contributed by atoms with E-state index in [1.165, 1.54) is 12.8 Å². The first-order valence-corrected chi connectivity index (χ1v) is 6.47. The SMILES string of the molecule is CCC(CC)(NC(=O)NC1CCCC1)C(=N)N. The van der Waals surface area contributed by atoms with Gasteiger partial charge < -0.3 is 16.4 Å². The second kappa shape index (κ2) is 5.89. The summed E-state index contributed by atoms with van der Waals surface area (Å²) >= 11 is 0. The van der Waals surface area contributed by atoms with Crippen LogP contribution in [0.4, 0.5) is 4.79 Å². The van der Waals surface area contributed by atoms with Crippen molar-refractivity contribution >= 4 is 11.9 Å². The van der Waals surface area contributed by atoms with Crippen molar-refractivity contribution in [3.63, 3.8) is 0 Å². The van der Waals surface area contributed by atoms with Crippen LogP contribution >= 0.6 is 0 Å². The zero-order valence-corrected chi connectivity index (χ0v) is 10.8. The Balaban J connectivity index is 2.54. The Morgan fingerprint density at radius 3 is 2.29 bits per heavy atom. The highest BCUT2D eigenvalue weighted by atomic mass is 16.2. The third-order valence-electron chi connectivity index (χ3n) is 3.77. The van der Waals surface area contributed by atoms with Crippen molar-refractivity contribution in [2.45, 2.75) is 64.0 Å². The number of hydrogen-bond donors (Lipinski definition) is 4. The van der Waals surface area contributed by atoms with Gasteiger partial charge in [0.25, 0.3) is 0 Å². The van der Waals surface area contributed by atoms with E-state index in [0.717, 1.165) is 12.8 Å². The van der Waals surface area contributed by atoms with Crippen LogP contribution < -0.4 is 16.4 Å². The number of hydrogen-bond acceptors (Lipinski definition) is 2. The lowest BCUT2D eigenvalue weighted by atomic mass is 9.91. The molecule has 0 aromatic heterocycles. The fourth-order valence-electron chi connectivity index (χ4n) is 2.38. The minimum Gasteiger partial charge on any atom is -0.386 e. The summed E-state index contributed by atoms with van der Waals surface area (Å²) < 4.78 is 0. The Kier molecular flexibility index (Phi) is 4.78. The Bertz CT molecular complexity index is 280. The summed E-state index contributed by atoms with van der Waals surface area (Å²) in [6.45, 7) is 3.86. The van der Waals surface area contributed by atoms with E-state index in [-0.39, 0.29) is 17.9 Å². The molecule has 5 heteroatoms. The van der Waals surface area contributed by atoms with Crippen molar-refractivity contribution < 1.29 is 4.79 Å². The van der Waals surface area contributed by atoms with Crippen LogP contribution in [0.3, 0.4) is 0 Å². The number of carbonyl (C=O) groups is 1. The lowest BCUT2D eigenvalue weighted by Crippen LogP contribution is -2.59. The summed E-state index contributed by atoms with van der Waals surface area (Å²) in [5, 5.41) is 13.4. The highest BCUT2D eigenvalue weighted by Crippen LogP contribution is 2.18. The molecule has 1 aliphatic rings. The van der Waals surface area contributed by atoms with Crippen LogP contribution in [0, 0.1) is 5.41 Å². The largest absolute Gasteiger partial charge is 0.386 e. The minimum atomic E-state index is -0.692. The molecule has 0 aromatic rings. The summed E-state index contributed by atoms with van der Waals surface area (Å²) in [6.07, 6.45) is 5.75. The summed E-state index contributed by atoms with van der Waals surface area (Å²) in [7, 11) is 0. The Morgan fingerprint density at radius 1 is 1.35 bits per heavy atom. The van der Waals surface area contributed by atoms with Gasteiger partial charge in [0, 0.05) is 6.04 Å². The summed E-state index contributed by atoms with van der Waals surface area (Å²) in [4.78, 5) is 11.9. The number of urea groups is 1. The van der Waals surface area contributed by atoms with Gasteiger partial charge in [0.2, 0.25) is 0 Å². The van der Waals surface area contributed by atoms with Crippen LogP contribution in [-0.4, -0.2) is 23.4 Å². The highest BCUT2D eigenvalue weighted by Gasteiger charge is 2.32. The monoisotopic (exact) mass is 240 g/mol. The third-order valence-corrected chi connectivity index (χ3v) is 3.77. The van der Waals surface area contributed by atoms with Crippen LogP contribution in [0.25, 0.3) is 0 Å². The van der Waals surface area contributed by atoms with Crippen LogP contribution in [0.2, 0.25) is 0 Å². The number of rotatable bonds is 5. The maximum atomic E-state index is 11.9. The van der Waals surface area contributed by atoms with Gasteiger partial charge in [-0.1, -0.05) is 26.7 Å². The molecule has 0 heterocycles. The van der Waals surface area contributed by atoms with Crippen LogP contribution in [0.5, 0.6) is 0 Å². The highest BCUT2D eigenvalue weighted by molar-refractivity contribution is 5.91. The molecule has 0 aliphatic heterocycles. The fourth-order valence-corrected chi connectivity index (χ4v) is 2.38. The van der Waals surface area contributed by atoms with Gasteiger partial charge in [-0.2, -0.15) is 0 Å². The molecule has 0 bridgehead atoms. The number of carbonyl (C=O) groups excluding carboxylic acids is 1. The van der Waals surface area contributed by atoms with Gasteiger partial charge in [-0.15, -0.1) is 0 Å². The average Bonchev–Trinajstić information content (AvgIpc) is 2.78. The van der Waals surface area contributed by atoms with Crippen molar-refractivity contribution in [3.05, 3.63) is 0 Å². The molecule has 1 fully saturated rings. The van der Waals surface area contributed by atoms with Gasteiger partial charge in [-0.05, 0) is 25.7 Å². The van der Waals surface area contributed by atoms with Crippen molar-refractivity contribution in [3.8, 4) is 0 Å². The molecule has 98 valence electrons. The molecule has 17 heavy (non-hydrogen) atoms. The van der Waals surface area contributed by atoms with Gasteiger partial charge in [0.05, 0.1) is 5.54 Å². The molecule has 5 nitrogen and oxygen atoms in total. The standard InChI is InChI=1S/C12H24N4O/c1-3-12(4-2,10(13)14)16-11(17)15-9-7-5-6-8-9/h9H,3-8H2,1-2H3,(H3,13,14)(H2,15,16,17). The molecule has 0 atom stereocenters. The molecular weight excluding hydrogens is 216 g/mol. The number of nitrogens with two attached hydrogens (primary N) is 1. The summed E-state index contributed by atoms with van der Waals surface area (Å²) in [5.74, 6) is 0.0315. The zero-order valence-electron chi connectivity index (χ0n) is 10.8. The first kappa shape index (κ1) is 13.8. The predicted octanol–water partition coefficient (Wildman–Crippen LogP) is 1.72. The minimum absolute atomic E-state index is 0.0315. The topological polar surface area (TPSA) is 91.0 Å². The molecular formula is C12H24N4O. The average molecular weight is 240 g/mol. The van der Waals surface area contributed by atoms with Crippen LogP contribution in [0.1, 0.15) is 52.4 Å². The van der Waals surface area contributed by atoms with Gasteiger partial charge in [-0.25, -0.2) is 4.79 Å². The maximum Gasteiger partial charge on any atom is 0.315 e. The fraction of sp³-hybridized carbons (Fsp3) is 0.833. The molecule has 1 rings (SSSR count). The molecule has 0 saturated heterocycles. The number of nitrogens with one attached hydrogen (secondary N) is 3. The maximum absolute atomic E-state index is 11.9. The van der Waals surface area contributed by atoms with E-state index in [9.17, 15) is 4.79 Å². The van der Waals surface area contributed by atoms with Crippen molar-refractivity contribution in [1.82, 2.24) is 10.6 Å². The molecule has 0 aromatic carbocycles. The first-order chi connectivity index (χ1) is 8.04. The lowest BCUT2D eigenvalue weighted by molar-refractivity contribution is 0.227. The predicted molar refractivity (Wildman–Crippen MR) is 69.2 cm³/mol. The van der Waals surface area contributed by atoms with Crippen LogP contribution in [0.15, 0.2) is 0 Å². The van der Waals surface area contributed by atoms with E-state index in [1.54, 1.807) is 0 Å². The summed E-state index contributed by atoms with van der Waals surface area (Å²) in [5.41, 5.74) is 4.90. The normalized spacial score (nSPS) is 16.8. The van der Waals surface area contributed by atoms with Crippen molar-refractivity contribution in [2.24, 2.45) is 5.73 Å². The molecule has 2 amide bonds.